The molecule has 1 saturated carbocycles. The number of hydrogen-bond donors (Lipinski definition) is 1. The van der Waals surface area contributed by atoms with E-state index in [0.717, 1.165) is 16.3 Å². The SMILES string of the molecule is COc1cccc(CC(=O)Nc2nnc(C3CCCCC3)s2)c1. The third-order valence-electron chi connectivity index (χ3n) is 4.14. The van der Waals surface area contributed by atoms with Gasteiger partial charge in [0.05, 0.1) is 13.5 Å². The van der Waals surface area contributed by atoms with Crippen molar-refractivity contribution in [3.05, 3.63) is 34.8 Å². The van der Waals surface area contributed by atoms with Crippen molar-refractivity contribution in [3.63, 3.8) is 0 Å². The molecule has 1 aromatic heterocycles. The van der Waals surface area contributed by atoms with Crippen LogP contribution in [-0.4, -0.2) is 23.2 Å². The molecule has 1 amide bonds. The number of ether oxygens (including phenoxy) is 1. The van der Waals surface area contributed by atoms with Gasteiger partial charge in [0.1, 0.15) is 10.8 Å². The molecule has 5 nitrogen and oxygen atoms in total. The minimum atomic E-state index is -0.0791. The summed E-state index contributed by atoms with van der Waals surface area (Å²) in [7, 11) is 1.62. The molecule has 0 unspecified atom stereocenters. The zero-order valence-electron chi connectivity index (χ0n) is 13.2. The maximum absolute atomic E-state index is 12.2. The second kappa shape index (κ2) is 7.55. The standard InChI is InChI=1S/C17H21N3O2S/c1-22-14-9-5-6-12(10-14)11-15(21)18-17-20-19-16(23-17)13-7-3-2-4-8-13/h5-6,9-10,13H,2-4,7-8,11H2,1H3,(H,18,20,21). The summed E-state index contributed by atoms with van der Waals surface area (Å²) in [5.74, 6) is 1.20. The number of hydrogen-bond acceptors (Lipinski definition) is 5. The Bertz CT molecular complexity index is 665. The molecule has 3 rings (SSSR count). The lowest BCUT2D eigenvalue weighted by atomic mass is 9.90. The molecule has 0 atom stereocenters. The molecule has 0 aliphatic heterocycles. The Labute approximate surface area is 140 Å². The lowest BCUT2D eigenvalue weighted by Crippen LogP contribution is -2.14. The van der Waals surface area contributed by atoms with E-state index in [2.05, 4.69) is 15.5 Å². The van der Waals surface area contributed by atoms with Crippen LogP contribution in [0.3, 0.4) is 0 Å². The summed E-state index contributed by atoms with van der Waals surface area (Å²) in [5, 5.41) is 12.9. The number of anilines is 1. The first-order chi connectivity index (χ1) is 11.2. The Morgan fingerprint density at radius 3 is 2.91 bits per heavy atom. The highest BCUT2D eigenvalue weighted by atomic mass is 32.1. The van der Waals surface area contributed by atoms with Crippen LogP contribution >= 0.6 is 11.3 Å². The molecule has 1 N–H and O–H groups in total. The van der Waals surface area contributed by atoms with Gasteiger partial charge in [-0.05, 0) is 30.5 Å². The molecular formula is C17H21N3O2S. The Balaban J connectivity index is 1.58. The van der Waals surface area contributed by atoms with Gasteiger partial charge < -0.3 is 10.1 Å². The van der Waals surface area contributed by atoms with Gasteiger partial charge in [-0.15, -0.1) is 10.2 Å². The second-order valence-corrected chi connectivity index (χ2v) is 6.87. The molecule has 1 aliphatic carbocycles. The Kier molecular flexibility index (Phi) is 5.23. The van der Waals surface area contributed by atoms with Crippen LogP contribution in [0.15, 0.2) is 24.3 Å². The van der Waals surface area contributed by atoms with E-state index in [-0.39, 0.29) is 5.91 Å². The smallest absolute Gasteiger partial charge is 0.230 e. The van der Waals surface area contributed by atoms with Gasteiger partial charge in [-0.2, -0.15) is 0 Å². The molecule has 0 radical (unpaired) electrons. The second-order valence-electron chi connectivity index (χ2n) is 5.86. The molecule has 0 bridgehead atoms. The normalized spacial score (nSPS) is 15.3. The molecule has 1 heterocycles. The average molecular weight is 331 g/mol. The van der Waals surface area contributed by atoms with E-state index in [4.69, 9.17) is 4.74 Å². The molecule has 122 valence electrons. The molecule has 0 saturated heterocycles. The van der Waals surface area contributed by atoms with E-state index in [0.29, 0.717) is 17.5 Å². The van der Waals surface area contributed by atoms with Crippen LogP contribution in [0.4, 0.5) is 5.13 Å². The quantitative estimate of drug-likeness (QED) is 0.905. The Morgan fingerprint density at radius 1 is 1.30 bits per heavy atom. The first-order valence-electron chi connectivity index (χ1n) is 8.01. The zero-order valence-corrected chi connectivity index (χ0v) is 14.1. The number of amides is 1. The van der Waals surface area contributed by atoms with Gasteiger partial charge >= 0.3 is 0 Å². The summed E-state index contributed by atoms with van der Waals surface area (Å²) in [6.45, 7) is 0. The zero-order chi connectivity index (χ0) is 16.1. The van der Waals surface area contributed by atoms with Crippen molar-refractivity contribution in [3.8, 4) is 5.75 Å². The highest BCUT2D eigenvalue weighted by molar-refractivity contribution is 7.15. The summed E-state index contributed by atoms with van der Waals surface area (Å²) in [5.41, 5.74) is 0.916. The molecular weight excluding hydrogens is 310 g/mol. The number of aromatic nitrogens is 2. The van der Waals surface area contributed by atoms with Crippen LogP contribution in [0.1, 0.15) is 48.6 Å². The van der Waals surface area contributed by atoms with E-state index in [1.165, 1.54) is 43.4 Å². The highest BCUT2D eigenvalue weighted by Crippen LogP contribution is 2.35. The molecule has 23 heavy (non-hydrogen) atoms. The van der Waals surface area contributed by atoms with Gasteiger partial charge in [0.2, 0.25) is 11.0 Å². The van der Waals surface area contributed by atoms with Crippen molar-refractivity contribution in [2.75, 3.05) is 12.4 Å². The fraction of sp³-hybridized carbons (Fsp3) is 0.471. The number of rotatable bonds is 5. The number of nitrogens with zero attached hydrogens (tertiary/aromatic N) is 2. The van der Waals surface area contributed by atoms with Crippen molar-refractivity contribution >= 4 is 22.4 Å². The molecule has 0 spiro atoms. The van der Waals surface area contributed by atoms with Gasteiger partial charge in [-0.1, -0.05) is 42.7 Å². The first kappa shape index (κ1) is 15.9. The monoisotopic (exact) mass is 331 g/mol. The summed E-state index contributed by atoms with van der Waals surface area (Å²) < 4.78 is 5.17. The van der Waals surface area contributed by atoms with Crippen LogP contribution in [0.25, 0.3) is 0 Å². The van der Waals surface area contributed by atoms with Crippen molar-refractivity contribution < 1.29 is 9.53 Å². The maximum Gasteiger partial charge on any atom is 0.230 e. The molecule has 1 fully saturated rings. The fourth-order valence-electron chi connectivity index (χ4n) is 2.93. The third-order valence-corrected chi connectivity index (χ3v) is 5.14. The average Bonchev–Trinajstić information content (AvgIpc) is 3.04. The van der Waals surface area contributed by atoms with Gasteiger partial charge in [0, 0.05) is 5.92 Å². The third kappa shape index (κ3) is 4.28. The number of carbonyl (C=O) groups is 1. The van der Waals surface area contributed by atoms with Crippen LogP contribution in [0.2, 0.25) is 0 Å². The predicted octanol–water partition coefficient (Wildman–Crippen LogP) is 3.78. The molecule has 6 heteroatoms. The van der Waals surface area contributed by atoms with Crippen LogP contribution < -0.4 is 10.1 Å². The fourth-order valence-corrected chi connectivity index (χ4v) is 3.86. The van der Waals surface area contributed by atoms with Crippen molar-refractivity contribution in [1.29, 1.82) is 0 Å². The summed E-state index contributed by atoms with van der Waals surface area (Å²) in [6.07, 6.45) is 6.53. The summed E-state index contributed by atoms with van der Waals surface area (Å²) in [4.78, 5) is 12.2. The lowest BCUT2D eigenvalue weighted by Gasteiger charge is -2.18. The lowest BCUT2D eigenvalue weighted by molar-refractivity contribution is -0.115. The van der Waals surface area contributed by atoms with Gasteiger partial charge in [0.15, 0.2) is 0 Å². The van der Waals surface area contributed by atoms with Crippen LogP contribution in [-0.2, 0) is 11.2 Å². The van der Waals surface area contributed by atoms with E-state index in [9.17, 15) is 4.79 Å². The largest absolute Gasteiger partial charge is 0.497 e. The van der Waals surface area contributed by atoms with E-state index in [1.807, 2.05) is 24.3 Å². The summed E-state index contributed by atoms with van der Waals surface area (Å²) in [6, 6.07) is 7.53. The van der Waals surface area contributed by atoms with Crippen LogP contribution in [0.5, 0.6) is 5.75 Å². The highest BCUT2D eigenvalue weighted by Gasteiger charge is 2.20. The van der Waals surface area contributed by atoms with Crippen LogP contribution in [0, 0.1) is 0 Å². The first-order valence-corrected chi connectivity index (χ1v) is 8.82. The summed E-state index contributed by atoms with van der Waals surface area (Å²) >= 11 is 1.51. The van der Waals surface area contributed by atoms with E-state index >= 15 is 0 Å². The Morgan fingerprint density at radius 2 is 2.13 bits per heavy atom. The van der Waals surface area contributed by atoms with Gasteiger partial charge in [0.25, 0.3) is 0 Å². The number of nitrogens with one attached hydrogen (secondary N) is 1. The minimum Gasteiger partial charge on any atom is -0.497 e. The minimum absolute atomic E-state index is 0.0791. The molecule has 1 aromatic carbocycles. The number of carbonyl (C=O) groups excluding carboxylic acids is 1. The van der Waals surface area contributed by atoms with Crippen molar-refractivity contribution in [2.45, 2.75) is 44.4 Å². The van der Waals surface area contributed by atoms with E-state index < -0.39 is 0 Å². The van der Waals surface area contributed by atoms with Gasteiger partial charge in [-0.25, -0.2) is 0 Å². The Hall–Kier alpha value is -1.95. The van der Waals surface area contributed by atoms with Gasteiger partial charge in [-0.3, -0.25) is 4.79 Å². The predicted molar refractivity (Wildman–Crippen MR) is 91.1 cm³/mol. The molecule has 1 aliphatic rings. The maximum atomic E-state index is 12.2. The molecule has 2 aromatic rings. The number of methoxy groups -OCH3 is 1. The van der Waals surface area contributed by atoms with Crippen molar-refractivity contribution in [2.24, 2.45) is 0 Å². The van der Waals surface area contributed by atoms with E-state index in [1.54, 1.807) is 7.11 Å². The van der Waals surface area contributed by atoms with Crippen molar-refractivity contribution in [1.82, 2.24) is 10.2 Å². The number of benzene rings is 1. The topological polar surface area (TPSA) is 64.1 Å².